The van der Waals surface area contributed by atoms with E-state index in [4.69, 9.17) is 0 Å². The second-order valence-corrected chi connectivity index (χ2v) is 5.92. The molecule has 1 N–H and O–H groups in total. The van der Waals surface area contributed by atoms with Crippen LogP contribution in [-0.2, 0) is 6.54 Å². The summed E-state index contributed by atoms with van der Waals surface area (Å²) in [7, 11) is 0. The van der Waals surface area contributed by atoms with Crippen LogP contribution in [-0.4, -0.2) is 20.9 Å². The SMILES string of the molecule is O=[N+]([O-])c1ccc(Sc2ncc(CNC3CC3)cn2)cc1. The Kier molecular flexibility index (Phi) is 4.12. The van der Waals surface area contributed by atoms with Crippen molar-refractivity contribution < 1.29 is 4.92 Å². The van der Waals surface area contributed by atoms with Gasteiger partial charge in [-0.3, -0.25) is 10.1 Å². The van der Waals surface area contributed by atoms with Crippen molar-refractivity contribution in [1.82, 2.24) is 15.3 Å². The molecule has 108 valence electrons. The fourth-order valence-corrected chi connectivity index (χ4v) is 2.47. The lowest BCUT2D eigenvalue weighted by Crippen LogP contribution is -2.15. The number of nitro groups is 1. The molecule has 6 nitrogen and oxygen atoms in total. The van der Waals surface area contributed by atoms with Crippen molar-refractivity contribution in [2.24, 2.45) is 0 Å². The fourth-order valence-electron chi connectivity index (χ4n) is 1.78. The quantitative estimate of drug-likeness (QED) is 0.502. The average molecular weight is 302 g/mol. The number of non-ortho nitro benzene ring substituents is 1. The summed E-state index contributed by atoms with van der Waals surface area (Å²) in [6.45, 7) is 0.799. The van der Waals surface area contributed by atoms with E-state index in [9.17, 15) is 10.1 Å². The first-order valence-corrected chi connectivity index (χ1v) is 7.49. The summed E-state index contributed by atoms with van der Waals surface area (Å²) in [4.78, 5) is 19.7. The van der Waals surface area contributed by atoms with Crippen LogP contribution in [0.5, 0.6) is 0 Å². The highest BCUT2D eigenvalue weighted by Crippen LogP contribution is 2.26. The Morgan fingerprint density at radius 3 is 2.48 bits per heavy atom. The first kappa shape index (κ1) is 14.0. The van der Waals surface area contributed by atoms with E-state index in [1.54, 1.807) is 12.1 Å². The van der Waals surface area contributed by atoms with Crippen molar-refractivity contribution in [3.63, 3.8) is 0 Å². The number of benzene rings is 1. The lowest BCUT2D eigenvalue weighted by atomic mass is 10.3. The summed E-state index contributed by atoms with van der Waals surface area (Å²) in [5, 5.41) is 14.6. The molecular formula is C14H14N4O2S. The molecule has 7 heteroatoms. The van der Waals surface area contributed by atoms with E-state index in [1.165, 1.54) is 36.7 Å². The Labute approximate surface area is 126 Å². The van der Waals surface area contributed by atoms with Crippen molar-refractivity contribution in [3.8, 4) is 0 Å². The molecule has 0 aliphatic heterocycles. The van der Waals surface area contributed by atoms with Gasteiger partial charge in [0.15, 0.2) is 5.16 Å². The molecule has 0 radical (unpaired) electrons. The third-order valence-corrected chi connectivity index (χ3v) is 4.01. The highest BCUT2D eigenvalue weighted by atomic mass is 32.2. The normalized spacial score (nSPS) is 14.1. The van der Waals surface area contributed by atoms with E-state index in [0.29, 0.717) is 11.2 Å². The zero-order valence-electron chi connectivity index (χ0n) is 11.2. The molecule has 1 aromatic heterocycles. The maximum atomic E-state index is 10.6. The summed E-state index contributed by atoms with van der Waals surface area (Å²) in [6.07, 6.45) is 6.15. The molecule has 0 saturated heterocycles. The third-order valence-electron chi connectivity index (χ3n) is 3.11. The summed E-state index contributed by atoms with van der Waals surface area (Å²) in [5.74, 6) is 0. The van der Waals surface area contributed by atoms with Gasteiger partial charge in [0.25, 0.3) is 5.69 Å². The Balaban J connectivity index is 1.59. The lowest BCUT2D eigenvalue weighted by molar-refractivity contribution is -0.384. The first-order valence-electron chi connectivity index (χ1n) is 6.67. The fraction of sp³-hybridized carbons (Fsp3) is 0.286. The maximum absolute atomic E-state index is 10.6. The second kappa shape index (κ2) is 6.19. The van der Waals surface area contributed by atoms with Crippen molar-refractivity contribution in [2.45, 2.75) is 35.5 Å². The van der Waals surface area contributed by atoms with E-state index in [0.717, 1.165) is 17.0 Å². The van der Waals surface area contributed by atoms with E-state index >= 15 is 0 Å². The molecule has 0 amide bonds. The third kappa shape index (κ3) is 3.99. The second-order valence-electron chi connectivity index (χ2n) is 4.88. The van der Waals surface area contributed by atoms with Gasteiger partial charge in [-0.1, -0.05) is 0 Å². The largest absolute Gasteiger partial charge is 0.310 e. The van der Waals surface area contributed by atoms with Crippen LogP contribution in [0, 0.1) is 10.1 Å². The van der Waals surface area contributed by atoms with Gasteiger partial charge in [0, 0.05) is 47.6 Å². The molecule has 1 saturated carbocycles. The zero-order valence-corrected chi connectivity index (χ0v) is 12.0. The number of rotatable bonds is 6. The molecule has 21 heavy (non-hydrogen) atoms. The van der Waals surface area contributed by atoms with Crippen LogP contribution >= 0.6 is 11.8 Å². The van der Waals surface area contributed by atoms with Crippen LogP contribution in [0.2, 0.25) is 0 Å². The molecule has 1 aliphatic carbocycles. The van der Waals surface area contributed by atoms with Crippen molar-refractivity contribution >= 4 is 17.4 Å². The lowest BCUT2D eigenvalue weighted by Gasteiger charge is -2.03. The van der Waals surface area contributed by atoms with E-state index in [2.05, 4.69) is 15.3 Å². The molecule has 0 spiro atoms. The number of aromatic nitrogens is 2. The topological polar surface area (TPSA) is 81.0 Å². The molecule has 3 rings (SSSR count). The van der Waals surface area contributed by atoms with Gasteiger partial charge in [0.05, 0.1) is 4.92 Å². The van der Waals surface area contributed by atoms with Gasteiger partial charge in [-0.05, 0) is 36.7 Å². The van der Waals surface area contributed by atoms with Gasteiger partial charge < -0.3 is 5.32 Å². The monoisotopic (exact) mass is 302 g/mol. The van der Waals surface area contributed by atoms with Crippen LogP contribution < -0.4 is 5.32 Å². The van der Waals surface area contributed by atoms with Crippen molar-refractivity contribution in [3.05, 3.63) is 52.3 Å². The minimum absolute atomic E-state index is 0.0850. The minimum atomic E-state index is -0.410. The summed E-state index contributed by atoms with van der Waals surface area (Å²) >= 11 is 1.39. The van der Waals surface area contributed by atoms with E-state index in [-0.39, 0.29) is 5.69 Å². The van der Waals surface area contributed by atoms with Gasteiger partial charge in [0.2, 0.25) is 0 Å². The van der Waals surface area contributed by atoms with Crippen LogP contribution in [0.4, 0.5) is 5.69 Å². The van der Waals surface area contributed by atoms with Crippen LogP contribution in [0.15, 0.2) is 46.7 Å². The molecular weight excluding hydrogens is 288 g/mol. The molecule has 1 aromatic carbocycles. The smallest absolute Gasteiger partial charge is 0.269 e. The Morgan fingerprint density at radius 1 is 1.24 bits per heavy atom. The summed E-state index contributed by atoms with van der Waals surface area (Å²) < 4.78 is 0. The average Bonchev–Trinajstić information content (AvgIpc) is 3.31. The van der Waals surface area contributed by atoms with Crippen LogP contribution in [0.3, 0.4) is 0 Å². The van der Waals surface area contributed by atoms with Gasteiger partial charge in [0.1, 0.15) is 0 Å². The predicted molar refractivity (Wildman–Crippen MR) is 79.1 cm³/mol. The van der Waals surface area contributed by atoms with Gasteiger partial charge in [-0.15, -0.1) is 0 Å². The zero-order chi connectivity index (χ0) is 14.7. The highest BCUT2D eigenvalue weighted by molar-refractivity contribution is 7.99. The van der Waals surface area contributed by atoms with Gasteiger partial charge in [-0.2, -0.15) is 0 Å². The van der Waals surface area contributed by atoms with Crippen molar-refractivity contribution in [1.29, 1.82) is 0 Å². The molecule has 0 atom stereocenters. The number of hydrogen-bond acceptors (Lipinski definition) is 6. The number of hydrogen-bond donors (Lipinski definition) is 1. The Morgan fingerprint density at radius 2 is 1.90 bits per heavy atom. The summed E-state index contributed by atoms with van der Waals surface area (Å²) in [6, 6.07) is 7.04. The molecule has 1 fully saturated rings. The standard InChI is InChI=1S/C14H14N4O2S/c19-18(20)12-3-5-13(6-4-12)21-14-16-8-10(9-17-14)7-15-11-1-2-11/h3-6,8-9,11,15H,1-2,7H2. The molecule has 0 bridgehead atoms. The van der Waals surface area contributed by atoms with Gasteiger partial charge in [-0.25, -0.2) is 9.97 Å². The number of nitrogens with zero attached hydrogens (tertiary/aromatic N) is 3. The molecule has 0 unspecified atom stereocenters. The molecule has 2 aromatic rings. The van der Waals surface area contributed by atoms with Crippen molar-refractivity contribution in [2.75, 3.05) is 0 Å². The van der Waals surface area contributed by atoms with Crippen LogP contribution in [0.1, 0.15) is 18.4 Å². The van der Waals surface area contributed by atoms with E-state index < -0.39 is 4.92 Å². The predicted octanol–water partition coefficient (Wildman–Crippen LogP) is 2.79. The Bertz CT molecular complexity index is 626. The maximum Gasteiger partial charge on any atom is 0.269 e. The molecule has 1 heterocycles. The number of nitro benzene ring substituents is 1. The highest BCUT2D eigenvalue weighted by Gasteiger charge is 2.19. The summed E-state index contributed by atoms with van der Waals surface area (Å²) in [5.41, 5.74) is 1.15. The van der Waals surface area contributed by atoms with Gasteiger partial charge >= 0.3 is 0 Å². The number of nitrogens with one attached hydrogen (secondary N) is 1. The van der Waals surface area contributed by atoms with Crippen LogP contribution in [0.25, 0.3) is 0 Å². The minimum Gasteiger partial charge on any atom is -0.310 e. The van der Waals surface area contributed by atoms with E-state index in [1.807, 2.05) is 12.4 Å². The Hall–Kier alpha value is -1.99. The molecule has 1 aliphatic rings. The first-order chi connectivity index (χ1) is 10.2.